The number of rotatable bonds is 3. The van der Waals surface area contributed by atoms with E-state index in [1.165, 1.54) is 14.1 Å². The maximum absolute atomic E-state index is 13.4. The molecule has 0 N–H and O–H groups in total. The van der Waals surface area contributed by atoms with Crippen molar-refractivity contribution in [3.05, 3.63) is 64.4 Å². The highest BCUT2D eigenvalue weighted by molar-refractivity contribution is 6.33. The van der Waals surface area contributed by atoms with E-state index in [1.54, 1.807) is 6.08 Å². The molecule has 2 aliphatic carbocycles. The van der Waals surface area contributed by atoms with E-state index in [1.807, 2.05) is 48.5 Å². The molecule has 4 amide bonds. The van der Waals surface area contributed by atoms with Crippen LogP contribution in [0.25, 0.3) is 0 Å². The normalized spacial score (nSPS) is 24.1. The molecule has 0 saturated carbocycles. The highest BCUT2D eigenvalue weighted by Gasteiger charge is 2.62. The third-order valence-electron chi connectivity index (χ3n) is 6.64. The topological polar surface area (TPSA) is 78.0 Å². The van der Waals surface area contributed by atoms with Crippen LogP contribution >= 0.6 is 11.6 Å². The van der Waals surface area contributed by atoms with Gasteiger partial charge in [0.2, 0.25) is 11.8 Å². The molecule has 1 atom stereocenters. The lowest BCUT2D eigenvalue weighted by molar-refractivity contribution is -0.161. The van der Waals surface area contributed by atoms with Gasteiger partial charge in [0.1, 0.15) is 11.7 Å². The monoisotopic (exact) mass is 453 g/mol. The van der Waals surface area contributed by atoms with Crippen LogP contribution in [0.1, 0.15) is 19.3 Å². The van der Waals surface area contributed by atoms with Gasteiger partial charge in [-0.2, -0.15) is 0 Å². The molecule has 8 heteroatoms. The van der Waals surface area contributed by atoms with Crippen molar-refractivity contribution >= 4 is 41.4 Å². The van der Waals surface area contributed by atoms with Crippen molar-refractivity contribution in [3.8, 4) is 0 Å². The summed E-state index contributed by atoms with van der Waals surface area (Å²) < 4.78 is 0. The van der Waals surface area contributed by atoms with Gasteiger partial charge in [-0.05, 0) is 48.1 Å². The number of imide groups is 2. The van der Waals surface area contributed by atoms with E-state index in [-0.39, 0.29) is 6.42 Å². The van der Waals surface area contributed by atoms with E-state index >= 15 is 0 Å². The minimum absolute atomic E-state index is 0.0442. The van der Waals surface area contributed by atoms with Crippen molar-refractivity contribution in [2.24, 2.45) is 11.3 Å². The molecule has 166 valence electrons. The Morgan fingerprint density at radius 2 is 1.72 bits per heavy atom. The van der Waals surface area contributed by atoms with Gasteiger partial charge in [0, 0.05) is 44.0 Å². The summed E-state index contributed by atoms with van der Waals surface area (Å²) in [5, 5.41) is 0.435. The molecule has 0 aromatic heterocycles. The van der Waals surface area contributed by atoms with E-state index in [9.17, 15) is 19.2 Å². The quantitative estimate of drug-likeness (QED) is 0.517. The Morgan fingerprint density at radius 3 is 2.31 bits per heavy atom. The first-order valence-electron chi connectivity index (χ1n) is 10.4. The number of para-hydroxylation sites is 1. The second kappa shape index (κ2) is 8.06. The number of halogens is 1. The lowest BCUT2D eigenvalue weighted by Crippen LogP contribution is -2.66. The number of urea groups is 1. The Balaban J connectivity index is 1.82. The highest BCUT2D eigenvalue weighted by Crippen LogP contribution is 2.54. The van der Waals surface area contributed by atoms with E-state index in [2.05, 4.69) is 0 Å². The van der Waals surface area contributed by atoms with E-state index in [0.29, 0.717) is 35.3 Å². The molecule has 1 heterocycles. The molecular weight excluding hydrogens is 430 g/mol. The summed E-state index contributed by atoms with van der Waals surface area (Å²) in [7, 11) is 4.65. The predicted octanol–water partition coefficient (Wildman–Crippen LogP) is 3.48. The molecule has 3 aliphatic rings. The van der Waals surface area contributed by atoms with E-state index < -0.39 is 29.2 Å². The van der Waals surface area contributed by atoms with Crippen LogP contribution in [0.2, 0.25) is 0 Å². The number of amides is 4. The zero-order chi connectivity index (χ0) is 23.2. The summed E-state index contributed by atoms with van der Waals surface area (Å²) >= 11 is 6.82. The molecule has 1 aromatic carbocycles. The van der Waals surface area contributed by atoms with E-state index in [4.69, 9.17) is 11.6 Å². The highest BCUT2D eigenvalue weighted by atomic mass is 35.5. The van der Waals surface area contributed by atoms with Crippen LogP contribution in [-0.2, 0) is 14.4 Å². The van der Waals surface area contributed by atoms with Gasteiger partial charge >= 0.3 is 6.03 Å². The number of fused-ring (bicyclic) bond motifs is 2. The molecule has 1 aliphatic heterocycles. The zero-order valence-corrected chi connectivity index (χ0v) is 18.9. The number of hydrogen-bond donors (Lipinski definition) is 0. The number of nitrogens with zero attached hydrogens (tertiary/aromatic N) is 3. The second-order valence-electron chi connectivity index (χ2n) is 8.46. The summed E-state index contributed by atoms with van der Waals surface area (Å²) in [6.07, 6.45) is 5.28. The number of carbonyl (C=O) groups is 4. The standard InChI is InChI=1S/C24H24ClN3O4/c1-26(17-7-5-4-6-8-17)13-16-9-10-19-18(20(16)25)11-15(14-29)12-24(19)21(30)27(2)23(32)28(3)22(24)31/h4-8,11,13-14,19H,9-10,12H2,1-3H3/b16-13+. The maximum atomic E-state index is 13.4. The average molecular weight is 454 g/mol. The Bertz CT molecular complexity index is 1080. The van der Waals surface area contributed by atoms with Crippen LogP contribution < -0.4 is 4.90 Å². The summed E-state index contributed by atoms with van der Waals surface area (Å²) in [6.45, 7) is 0. The van der Waals surface area contributed by atoms with Gasteiger partial charge < -0.3 is 4.90 Å². The van der Waals surface area contributed by atoms with Gasteiger partial charge in [-0.3, -0.25) is 24.2 Å². The van der Waals surface area contributed by atoms with Crippen LogP contribution in [0.5, 0.6) is 0 Å². The molecule has 1 unspecified atom stereocenters. The van der Waals surface area contributed by atoms with Gasteiger partial charge in [0.25, 0.3) is 0 Å². The SMILES string of the molecule is CN1C(=O)N(C)C(=O)C2(CC(C=O)=CC3=C(Cl)/C(=C/N(C)c4ccccc4)CCC32)C1=O. The van der Waals surface area contributed by atoms with Crippen molar-refractivity contribution < 1.29 is 19.2 Å². The summed E-state index contributed by atoms with van der Waals surface area (Å²) in [5.74, 6) is -1.69. The third-order valence-corrected chi connectivity index (χ3v) is 7.10. The number of hydrogen-bond acceptors (Lipinski definition) is 5. The summed E-state index contributed by atoms with van der Waals surface area (Å²) in [6, 6.07) is 9.11. The number of anilines is 1. The Kier molecular flexibility index (Phi) is 5.54. The molecule has 32 heavy (non-hydrogen) atoms. The minimum atomic E-state index is -1.55. The number of carbonyl (C=O) groups excluding carboxylic acids is 4. The third kappa shape index (κ3) is 3.19. The van der Waals surface area contributed by atoms with Gasteiger partial charge in [-0.15, -0.1) is 0 Å². The molecule has 4 rings (SSSR count). The molecule has 1 spiro atoms. The van der Waals surface area contributed by atoms with Crippen molar-refractivity contribution in [2.75, 3.05) is 26.0 Å². The molecule has 0 radical (unpaired) electrons. The zero-order valence-electron chi connectivity index (χ0n) is 18.2. The molecule has 1 saturated heterocycles. The number of benzene rings is 1. The summed E-state index contributed by atoms with van der Waals surface area (Å²) in [5.41, 5.74) is 1.20. The fourth-order valence-corrected chi connectivity index (χ4v) is 5.31. The molecular formula is C24H24ClN3O4. The number of barbiturate groups is 1. The smallest absolute Gasteiger partial charge is 0.332 e. The molecule has 1 fully saturated rings. The van der Waals surface area contributed by atoms with Gasteiger partial charge in [-0.25, -0.2) is 4.79 Å². The van der Waals surface area contributed by atoms with Crippen LogP contribution in [0, 0.1) is 11.3 Å². The van der Waals surface area contributed by atoms with Crippen LogP contribution in [0.3, 0.4) is 0 Å². The van der Waals surface area contributed by atoms with Crippen LogP contribution in [0.15, 0.2) is 64.4 Å². The first-order valence-corrected chi connectivity index (χ1v) is 10.7. The lowest BCUT2D eigenvalue weighted by atomic mass is 9.59. The molecule has 7 nitrogen and oxygen atoms in total. The number of aldehydes is 1. The van der Waals surface area contributed by atoms with Gasteiger partial charge in [0.15, 0.2) is 0 Å². The number of allylic oxidation sites excluding steroid dienone is 5. The molecule has 0 bridgehead atoms. The van der Waals surface area contributed by atoms with Gasteiger partial charge in [-0.1, -0.05) is 35.9 Å². The second-order valence-corrected chi connectivity index (χ2v) is 8.84. The Hall–Kier alpha value is -3.19. The molecule has 1 aromatic rings. The van der Waals surface area contributed by atoms with Crippen LogP contribution in [0.4, 0.5) is 10.5 Å². The van der Waals surface area contributed by atoms with E-state index in [0.717, 1.165) is 21.1 Å². The largest absolute Gasteiger partial charge is 0.351 e. The van der Waals surface area contributed by atoms with Gasteiger partial charge in [0.05, 0.1) is 0 Å². The van der Waals surface area contributed by atoms with Crippen molar-refractivity contribution in [2.45, 2.75) is 19.3 Å². The first kappa shape index (κ1) is 22.0. The van der Waals surface area contributed by atoms with Crippen molar-refractivity contribution in [1.29, 1.82) is 0 Å². The fraction of sp³-hybridized carbons (Fsp3) is 0.333. The minimum Gasteiger partial charge on any atom is -0.351 e. The lowest BCUT2D eigenvalue weighted by Gasteiger charge is -2.49. The Morgan fingerprint density at radius 1 is 1.09 bits per heavy atom. The fourth-order valence-electron chi connectivity index (χ4n) is 4.98. The summed E-state index contributed by atoms with van der Waals surface area (Å²) in [4.78, 5) is 54.7. The van der Waals surface area contributed by atoms with Crippen LogP contribution in [-0.4, -0.2) is 55.1 Å². The van der Waals surface area contributed by atoms with Crippen molar-refractivity contribution in [3.63, 3.8) is 0 Å². The average Bonchev–Trinajstić information content (AvgIpc) is 2.82. The Labute approximate surface area is 191 Å². The van der Waals surface area contributed by atoms with Crippen molar-refractivity contribution in [1.82, 2.24) is 9.80 Å². The maximum Gasteiger partial charge on any atom is 0.332 e. The predicted molar refractivity (Wildman–Crippen MR) is 121 cm³/mol. The first-order chi connectivity index (χ1) is 15.2.